The van der Waals surface area contributed by atoms with Gasteiger partial charge in [0.25, 0.3) is 0 Å². The number of rotatable bonds is 4. The predicted molar refractivity (Wildman–Crippen MR) is 99.0 cm³/mol. The molecule has 0 N–H and O–H groups in total. The van der Waals surface area contributed by atoms with Crippen LogP contribution >= 0.6 is 0 Å². The van der Waals surface area contributed by atoms with E-state index in [0.29, 0.717) is 12.8 Å². The second-order valence-corrected chi connectivity index (χ2v) is 7.77. The molecule has 4 aliphatic rings. The summed E-state index contributed by atoms with van der Waals surface area (Å²) < 4.78 is 11.0. The molecule has 0 amide bonds. The van der Waals surface area contributed by atoms with Gasteiger partial charge in [-0.25, -0.2) is 0 Å². The van der Waals surface area contributed by atoms with Crippen LogP contribution in [0.3, 0.4) is 0 Å². The van der Waals surface area contributed by atoms with Gasteiger partial charge in [0.1, 0.15) is 0 Å². The van der Waals surface area contributed by atoms with Gasteiger partial charge in [0.15, 0.2) is 11.5 Å². The summed E-state index contributed by atoms with van der Waals surface area (Å²) in [5.74, 6) is 2.52. The van der Waals surface area contributed by atoms with Gasteiger partial charge in [0.2, 0.25) is 6.79 Å². The summed E-state index contributed by atoms with van der Waals surface area (Å²) in [6, 6.07) is 11.2. The average molecular weight is 351 g/mol. The fourth-order valence-electron chi connectivity index (χ4n) is 4.62. The molecule has 2 bridgehead atoms. The molecule has 0 aliphatic carbocycles. The fraction of sp³-hybridized carbons (Fsp3) is 0.476. The monoisotopic (exact) mass is 351 g/mol. The summed E-state index contributed by atoms with van der Waals surface area (Å²) in [6.07, 6.45) is 6.50. The lowest BCUT2D eigenvalue weighted by molar-refractivity contribution is 0.123. The number of fused-ring (bicyclic) bond motifs is 5. The average Bonchev–Trinajstić information content (AvgIpc) is 2.96. The van der Waals surface area contributed by atoms with E-state index in [0.717, 1.165) is 37.1 Å². The number of pyridine rings is 1. The second-order valence-electron chi connectivity index (χ2n) is 7.77. The Morgan fingerprint density at radius 1 is 0.962 bits per heavy atom. The number of piperidine rings is 1. The summed E-state index contributed by atoms with van der Waals surface area (Å²) in [4.78, 5) is 9.57. The molecule has 5 heterocycles. The van der Waals surface area contributed by atoms with Crippen molar-refractivity contribution in [3.05, 3.63) is 53.9 Å². The van der Waals surface area contributed by atoms with Gasteiger partial charge in [-0.3, -0.25) is 14.8 Å². The third kappa shape index (κ3) is 3.29. The number of hydrogen-bond donors (Lipinski definition) is 0. The molecule has 0 saturated carbocycles. The maximum atomic E-state index is 5.54. The van der Waals surface area contributed by atoms with Crippen molar-refractivity contribution in [2.24, 2.45) is 5.92 Å². The van der Waals surface area contributed by atoms with Crippen LogP contribution in [0.1, 0.15) is 24.0 Å². The first-order valence-corrected chi connectivity index (χ1v) is 9.57. The lowest BCUT2D eigenvalue weighted by atomic mass is 9.94. The maximum Gasteiger partial charge on any atom is 0.231 e. The molecule has 136 valence electrons. The highest BCUT2D eigenvalue weighted by Crippen LogP contribution is 2.34. The molecule has 3 fully saturated rings. The maximum absolute atomic E-state index is 5.54. The van der Waals surface area contributed by atoms with Crippen LogP contribution in [-0.2, 0) is 13.1 Å². The normalized spacial score (nSPS) is 25.4. The van der Waals surface area contributed by atoms with Crippen molar-refractivity contribution in [2.75, 3.05) is 26.4 Å². The third-order valence-corrected chi connectivity index (χ3v) is 5.85. The molecule has 5 heteroatoms. The van der Waals surface area contributed by atoms with Gasteiger partial charge in [0.05, 0.1) is 0 Å². The fourth-order valence-corrected chi connectivity index (χ4v) is 4.62. The van der Waals surface area contributed by atoms with Crippen molar-refractivity contribution in [1.29, 1.82) is 0 Å². The van der Waals surface area contributed by atoms with E-state index in [4.69, 9.17) is 9.47 Å². The van der Waals surface area contributed by atoms with Crippen molar-refractivity contribution < 1.29 is 9.47 Å². The topological polar surface area (TPSA) is 37.8 Å². The van der Waals surface area contributed by atoms with Crippen molar-refractivity contribution >= 4 is 0 Å². The molecule has 4 aliphatic heterocycles. The highest BCUT2D eigenvalue weighted by Gasteiger charge is 2.34. The van der Waals surface area contributed by atoms with Crippen molar-refractivity contribution in [3.8, 4) is 11.5 Å². The summed E-state index contributed by atoms with van der Waals surface area (Å²) in [7, 11) is 0. The summed E-state index contributed by atoms with van der Waals surface area (Å²) in [5, 5.41) is 0. The molecule has 1 aromatic carbocycles. The molecule has 0 unspecified atom stereocenters. The van der Waals surface area contributed by atoms with Gasteiger partial charge in [0, 0.05) is 51.2 Å². The highest BCUT2D eigenvalue weighted by atomic mass is 16.7. The number of benzene rings is 1. The van der Waals surface area contributed by atoms with Gasteiger partial charge in [-0.2, -0.15) is 0 Å². The van der Waals surface area contributed by atoms with Crippen LogP contribution in [0.5, 0.6) is 11.5 Å². The van der Waals surface area contributed by atoms with E-state index in [1.54, 1.807) is 0 Å². The first kappa shape index (κ1) is 16.1. The zero-order valence-corrected chi connectivity index (χ0v) is 15.0. The van der Waals surface area contributed by atoms with Gasteiger partial charge < -0.3 is 9.47 Å². The zero-order valence-electron chi connectivity index (χ0n) is 15.0. The highest BCUT2D eigenvalue weighted by molar-refractivity contribution is 5.44. The zero-order chi connectivity index (χ0) is 17.3. The Hall–Kier alpha value is -2.11. The lowest BCUT2D eigenvalue weighted by Gasteiger charge is -2.36. The first-order valence-electron chi connectivity index (χ1n) is 9.57. The largest absolute Gasteiger partial charge is 0.454 e. The van der Waals surface area contributed by atoms with Crippen LogP contribution in [0, 0.1) is 5.92 Å². The van der Waals surface area contributed by atoms with Crippen molar-refractivity contribution in [3.63, 3.8) is 0 Å². The summed E-state index contributed by atoms with van der Waals surface area (Å²) in [6.45, 7) is 5.90. The molecule has 3 saturated heterocycles. The molecule has 0 radical (unpaired) electrons. The van der Waals surface area contributed by atoms with Crippen LogP contribution in [-0.4, -0.2) is 47.3 Å². The van der Waals surface area contributed by atoms with E-state index in [9.17, 15) is 0 Å². The van der Waals surface area contributed by atoms with E-state index >= 15 is 0 Å². The molecule has 26 heavy (non-hydrogen) atoms. The number of ether oxygens (including phenoxy) is 2. The lowest BCUT2D eigenvalue weighted by Crippen LogP contribution is -2.43. The Morgan fingerprint density at radius 2 is 1.92 bits per heavy atom. The van der Waals surface area contributed by atoms with E-state index < -0.39 is 0 Å². The smallest absolute Gasteiger partial charge is 0.231 e. The molecule has 0 spiro atoms. The minimum Gasteiger partial charge on any atom is -0.454 e. The Labute approximate surface area is 154 Å². The van der Waals surface area contributed by atoms with Gasteiger partial charge in [-0.05, 0) is 48.1 Å². The quantitative estimate of drug-likeness (QED) is 0.847. The van der Waals surface area contributed by atoms with E-state index in [1.807, 2.05) is 24.5 Å². The Balaban J connectivity index is 1.28. The van der Waals surface area contributed by atoms with Crippen molar-refractivity contribution in [1.82, 2.24) is 14.8 Å². The van der Waals surface area contributed by atoms with E-state index in [-0.39, 0.29) is 0 Å². The molecule has 6 rings (SSSR count). The summed E-state index contributed by atoms with van der Waals surface area (Å²) >= 11 is 0. The van der Waals surface area contributed by atoms with Crippen LogP contribution < -0.4 is 9.47 Å². The predicted octanol–water partition coefficient (Wildman–Crippen LogP) is 2.91. The van der Waals surface area contributed by atoms with Crippen LogP contribution in [0.2, 0.25) is 0 Å². The standard InChI is InChI=1S/C21H25N3O2/c1-2-17(9-22-7-1)10-23-11-18-3-5-19(14-23)24(13-18)12-16-4-6-20-21(8-16)26-15-25-20/h1-2,4,6-9,18-19H,3,5,10-15H2/t18-,19+/m1/s1. The Morgan fingerprint density at radius 3 is 2.85 bits per heavy atom. The van der Waals surface area contributed by atoms with Crippen LogP contribution in [0.4, 0.5) is 0 Å². The Bertz CT molecular complexity index is 767. The van der Waals surface area contributed by atoms with Crippen LogP contribution in [0.15, 0.2) is 42.7 Å². The van der Waals surface area contributed by atoms with Gasteiger partial charge in [-0.15, -0.1) is 0 Å². The first-order chi connectivity index (χ1) is 12.8. The molecule has 1 aromatic heterocycles. The summed E-state index contributed by atoms with van der Waals surface area (Å²) in [5.41, 5.74) is 2.64. The minimum absolute atomic E-state index is 0.344. The Kier molecular flexibility index (Phi) is 4.27. The third-order valence-electron chi connectivity index (χ3n) is 5.85. The number of aromatic nitrogens is 1. The van der Waals surface area contributed by atoms with Crippen molar-refractivity contribution in [2.45, 2.75) is 32.0 Å². The van der Waals surface area contributed by atoms with E-state index in [2.05, 4.69) is 33.0 Å². The van der Waals surface area contributed by atoms with Crippen LogP contribution in [0.25, 0.3) is 0 Å². The van der Waals surface area contributed by atoms with Gasteiger partial charge in [-0.1, -0.05) is 12.1 Å². The molecule has 2 atom stereocenters. The van der Waals surface area contributed by atoms with E-state index in [1.165, 1.54) is 37.1 Å². The number of nitrogens with zero attached hydrogens (tertiary/aromatic N) is 3. The molecular formula is C21H25N3O2. The number of hydrogen-bond acceptors (Lipinski definition) is 5. The minimum atomic E-state index is 0.344. The second kappa shape index (κ2) is 6.89. The molecule has 2 aromatic rings. The SMILES string of the molecule is c1cncc(CN2C[C@H]3CC[C@@H](C2)N(Cc2ccc4c(c2)OCO4)C3)c1. The molecular weight excluding hydrogens is 326 g/mol. The molecule has 5 nitrogen and oxygen atoms in total. The van der Waals surface area contributed by atoms with Gasteiger partial charge >= 0.3 is 0 Å².